The molecule has 4 heavy (non-hydrogen) atoms. The van der Waals surface area contributed by atoms with Gasteiger partial charge in [0.25, 0.3) is 0 Å². The van der Waals surface area contributed by atoms with Gasteiger partial charge in [0.05, 0.1) is 0 Å². The van der Waals surface area contributed by atoms with Crippen molar-refractivity contribution in [3.05, 3.63) is 0 Å². The Kier molecular flexibility index (Phi) is 19.9. The van der Waals surface area contributed by atoms with Crippen LogP contribution in [0.25, 0.3) is 0 Å². The van der Waals surface area contributed by atoms with E-state index in [-0.39, 0.29) is 17.6 Å². The third-order valence-corrected chi connectivity index (χ3v) is 0. The van der Waals surface area contributed by atoms with Crippen molar-refractivity contribution in [2.24, 2.45) is 0 Å². The summed E-state index contributed by atoms with van der Waals surface area (Å²) >= 11 is 5.14. The normalized spacial score (nSPS) is 5.25. The van der Waals surface area contributed by atoms with Gasteiger partial charge in [-0.25, -0.2) is 0 Å². The standard InChI is InChI=1S/ClH4Si2.GeH3/c1-3-2;/h3H,2H3;1H3. The first kappa shape index (κ1) is 8.98. The van der Waals surface area contributed by atoms with Crippen molar-refractivity contribution in [1.82, 2.24) is 0 Å². The number of rotatable bonds is 0. The predicted molar refractivity (Wildman–Crippen MR) is 32.9 cm³/mol. The Morgan fingerprint density at radius 1 is 1.75 bits per heavy atom. The zero-order chi connectivity index (χ0) is 2.71. The first-order valence-corrected chi connectivity index (χ1v) is 7.16. The zero-order valence-electron chi connectivity index (χ0n) is 2.96. The molecular weight excluding hydrogens is 164 g/mol. The molecule has 0 bridgehead atoms. The summed E-state index contributed by atoms with van der Waals surface area (Å²) in [5, 5.41) is 0. The van der Waals surface area contributed by atoms with Crippen molar-refractivity contribution < 1.29 is 0 Å². The van der Waals surface area contributed by atoms with Crippen LogP contribution in [0.4, 0.5) is 0 Å². The third-order valence-electron chi connectivity index (χ3n) is 0. The molecule has 0 aromatic carbocycles. The van der Waals surface area contributed by atoms with Gasteiger partial charge < -0.3 is 0 Å². The van der Waals surface area contributed by atoms with E-state index in [0.29, 0.717) is 8.35 Å². The smallest absolute Gasteiger partial charge is 0.124 e. The largest absolute Gasteiger partial charge is 0.179 e. The first-order chi connectivity index (χ1) is 1.41. The van der Waals surface area contributed by atoms with E-state index < -0.39 is 0 Å². The summed E-state index contributed by atoms with van der Waals surface area (Å²) in [7, 11) is 1.58. The van der Waals surface area contributed by atoms with Crippen LogP contribution in [0.1, 0.15) is 0 Å². The van der Waals surface area contributed by atoms with Crippen molar-refractivity contribution >= 4 is 46.8 Å². The van der Waals surface area contributed by atoms with Gasteiger partial charge >= 0.3 is 17.6 Å². The minimum absolute atomic E-state index is 0. The molecule has 26 valence electrons. The molecule has 0 aliphatic rings. The van der Waals surface area contributed by atoms with E-state index in [9.17, 15) is 0 Å². The minimum atomic E-state index is 0. The summed E-state index contributed by atoms with van der Waals surface area (Å²) in [4.78, 5) is 0. The van der Waals surface area contributed by atoms with Gasteiger partial charge in [-0.2, -0.15) is 11.1 Å². The molecule has 0 rings (SSSR count). The van der Waals surface area contributed by atoms with Gasteiger partial charge in [-0.05, 0) is 0 Å². The van der Waals surface area contributed by atoms with E-state index in [0.717, 1.165) is 0 Å². The third kappa shape index (κ3) is 10.5. The summed E-state index contributed by atoms with van der Waals surface area (Å²) < 4.78 is 0. The van der Waals surface area contributed by atoms with Gasteiger partial charge in [0, 0.05) is 9.76 Å². The molecule has 2 radical (unpaired) electrons. The maximum Gasteiger partial charge on any atom is 0.124 e. The predicted octanol–water partition coefficient (Wildman–Crippen LogP) is -2.33. The second-order valence-corrected chi connectivity index (χ2v) is 5.89. The summed E-state index contributed by atoms with van der Waals surface area (Å²) in [5.74, 6) is 0. The van der Waals surface area contributed by atoms with Crippen molar-refractivity contribution in [2.45, 2.75) is 0 Å². The van der Waals surface area contributed by atoms with Crippen LogP contribution < -0.4 is 0 Å². The molecule has 0 unspecified atom stereocenters. The molecule has 4 heteroatoms. The van der Waals surface area contributed by atoms with Crippen LogP contribution in [0.2, 0.25) is 0 Å². The van der Waals surface area contributed by atoms with Crippen LogP contribution in [-0.2, 0) is 0 Å². The molecule has 0 heterocycles. The molecule has 0 saturated carbocycles. The van der Waals surface area contributed by atoms with Gasteiger partial charge in [-0.1, -0.05) is 0 Å². The number of hydrogen-bond donors (Lipinski definition) is 0. The fraction of sp³-hybridized carbons (Fsp3) is 0. The Morgan fingerprint density at radius 2 is 1.75 bits per heavy atom. The second kappa shape index (κ2) is 8.86. The maximum absolute atomic E-state index is 5.14. The monoisotopic (exact) mass is 172 g/mol. The van der Waals surface area contributed by atoms with Crippen LogP contribution >= 0.6 is 11.1 Å². The van der Waals surface area contributed by atoms with E-state index in [1.165, 1.54) is 9.76 Å². The SMILES string of the molecule is [GeH3].[SiH3][SiH]Cl. The topological polar surface area (TPSA) is 0 Å². The minimum Gasteiger partial charge on any atom is -0.179 e. The zero-order valence-corrected chi connectivity index (χ0v) is 11.1. The molecule has 0 aromatic heterocycles. The molecule has 0 aliphatic carbocycles. The van der Waals surface area contributed by atoms with Crippen molar-refractivity contribution in [3.8, 4) is 0 Å². The Bertz CT molecular complexity index is 6.00. The average Bonchev–Trinajstić information content (AvgIpc) is 0.918. The van der Waals surface area contributed by atoms with Gasteiger partial charge in [0.2, 0.25) is 0 Å². The molecule has 0 spiro atoms. The average molecular weight is 171 g/mol. The van der Waals surface area contributed by atoms with Crippen molar-refractivity contribution in [1.29, 1.82) is 0 Å². The van der Waals surface area contributed by atoms with E-state index in [1.807, 2.05) is 0 Å². The Balaban J connectivity index is 0. The second-order valence-electron chi connectivity index (χ2n) is 0.218. The van der Waals surface area contributed by atoms with Crippen LogP contribution in [0, 0.1) is 0 Å². The van der Waals surface area contributed by atoms with E-state index in [1.54, 1.807) is 0 Å². The molecule has 0 N–H and O–H groups in total. The van der Waals surface area contributed by atoms with Crippen LogP contribution in [0.5, 0.6) is 0 Å². The Labute approximate surface area is 47.0 Å². The molecule has 0 fully saturated rings. The quantitative estimate of drug-likeness (QED) is 0.283. The Morgan fingerprint density at radius 3 is 1.75 bits per heavy atom. The summed E-state index contributed by atoms with van der Waals surface area (Å²) in [6.45, 7) is 0. The van der Waals surface area contributed by atoms with Gasteiger partial charge in [0.1, 0.15) is 8.35 Å². The maximum atomic E-state index is 5.14. The summed E-state index contributed by atoms with van der Waals surface area (Å²) in [6, 6.07) is 0. The fourth-order valence-corrected chi connectivity index (χ4v) is 0. The molecular formula is H7ClGeSi2. The van der Waals surface area contributed by atoms with E-state index >= 15 is 0 Å². The van der Waals surface area contributed by atoms with Crippen molar-refractivity contribution in [3.63, 3.8) is 0 Å². The molecule has 0 aromatic rings. The summed E-state index contributed by atoms with van der Waals surface area (Å²) in [6.07, 6.45) is 0. The number of hydrogen-bond acceptors (Lipinski definition) is 0. The van der Waals surface area contributed by atoms with Crippen LogP contribution in [0.3, 0.4) is 0 Å². The van der Waals surface area contributed by atoms with Gasteiger partial charge in [-0.15, -0.1) is 0 Å². The molecule has 0 saturated heterocycles. The molecule has 0 nitrogen and oxygen atoms in total. The molecule has 0 aliphatic heterocycles. The Hall–Kier alpha value is 1.27. The van der Waals surface area contributed by atoms with Crippen LogP contribution in [0.15, 0.2) is 0 Å². The van der Waals surface area contributed by atoms with E-state index in [2.05, 4.69) is 0 Å². The van der Waals surface area contributed by atoms with Crippen molar-refractivity contribution in [2.75, 3.05) is 0 Å². The summed E-state index contributed by atoms with van der Waals surface area (Å²) in [5.41, 5.74) is 0. The number of halogens is 1. The first-order valence-electron chi connectivity index (χ1n) is 0.796. The fourth-order valence-electron chi connectivity index (χ4n) is 0. The van der Waals surface area contributed by atoms with Gasteiger partial charge in [0.15, 0.2) is 0 Å². The molecule has 0 amide bonds. The molecule has 0 atom stereocenters. The van der Waals surface area contributed by atoms with Crippen LogP contribution in [-0.4, -0.2) is 35.7 Å². The van der Waals surface area contributed by atoms with Gasteiger partial charge in [-0.3, -0.25) is 0 Å². The van der Waals surface area contributed by atoms with E-state index in [4.69, 9.17) is 11.1 Å².